The summed E-state index contributed by atoms with van der Waals surface area (Å²) in [6, 6.07) is 7.16. The van der Waals surface area contributed by atoms with Gasteiger partial charge >= 0.3 is 24.1 Å². The van der Waals surface area contributed by atoms with Crippen molar-refractivity contribution in [3.05, 3.63) is 47.9 Å². The zero-order chi connectivity index (χ0) is 38.9. The van der Waals surface area contributed by atoms with Gasteiger partial charge < -0.3 is 58.2 Å². The number of thiazole rings is 1. The van der Waals surface area contributed by atoms with Gasteiger partial charge in [0, 0.05) is 23.9 Å². The van der Waals surface area contributed by atoms with Crippen LogP contribution >= 0.6 is 11.3 Å². The molecule has 0 radical (unpaired) electrons. The standard InChI is InChI=1S/C35H48N6O10S.HI/c1-33(2,3)48-29(44)26(51-39-27(28(42)43)24-20-52-30(37-24)38-32(46)50-35(7,8)9)19-47-23-14-12-22(13-15-23)25-18-41(21-40(25)10)17-11-16-36-31(45)49-34(4,5)6;/h12-15,18,20-21,26H,11,16-17,19H2,1-10H3,(H2-,36,37,38,42,43,45,46);1H/b39-27-;/t26-;/m0./s1. The fourth-order valence-electron chi connectivity index (χ4n) is 4.28. The maximum Gasteiger partial charge on any atom is 0.413 e. The van der Waals surface area contributed by atoms with Gasteiger partial charge in [0.25, 0.3) is 6.10 Å². The lowest BCUT2D eigenvalue weighted by Gasteiger charge is -2.23. The molecule has 0 aliphatic carbocycles. The van der Waals surface area contributed by atoms with Crippen molar-refractivity contribution in [3.8, 4) is 17.0 Å². The monoisotopic (exact) mass is 872 g/mol. The summed E-state index contributed by atoms with van der Waals surface area (Å²) in [5.41, 5.74) is -1.06. The molecule has 0 saturated heterocycles. The molecule has 16 nitrogen and oxygen atoms in total. The fraction of sp³-hybridized carbons (Fsp3) is 0.514. The van der Waals surface area contributed by atoms with Crippen LogP contribution in [-0.2, 0) is 42.2 Å². The van der Waals surface area contributed by atoms with Crippen molar-refractivity contribution >= 4 is 46.3 Å². The maximum absolute atomic E-state index is 13.0. The third kappa shape index (κ3) is 16.0. The van der Waals surface area contributed by atoms with E-state index in [9.17, 15) is 24.3 Å². The summed E-state index contributed by atoms with van der Waals surface area (Å²) < 4.78 is 25.8. The first-order chi connectivity index (χ1) is 24.1. The first-order valence-corrected chi connectivity index (χ1v) is 17.4. The van der Waals surface area contributed by atoms with Gasteiger partial charge in [0.1, 0.15) is 41.1 Å². The molecule has 0 aliphatic rings. The minimum Gasteiger partial charge on any atom is -1.00 e. The molecular weight excluding hydrogens is 823 g/mol. The van der Waals surface area contributed by atoms with Gasteiger partial charge in [-0.25, -0.2) is 33.3 Å². The molecule has 3 aromatic rings. The highest BCUT2D eigenvalue weighted by Crippen LogP contribution is 2.22. The van der Waals surface area contributed by atoms with Crippen LogP contribution in [0.25, 0.3) is 11.3 Å². The number of carbonyl (C=O) groups is 4. The average Bonchev–Trinajstić information content (AvgIpc) is 3.60. The predicted molar refractivity (Wildman–Crippen MR) is 192 cm³/mol. The number of rotatable bonds is 14. The van der Waals surface area contributed by atoms with Crippen molar-refractivity contribution in [2.75, 3.05) is 18.5 Å². The summed E-state index contributed by atoms with van der Waals surface area (Å²) in [7, 11) is 1.92. The van der Waals surface area contributed by atoms with Crippen molar-refractivity contribution in [2.45, 2.75) is 98.2 Å². The number of alkyl carbamates (subject to hydrolysis) is 1. The summed E-state index contributed by atoms with van der Waals surface area (Å²) in [4.78, 5) is 58.6. The average molecular weight is 873 g/mol. The van der Waals surface area contributed by atoms with Gasteiger partial charge in [-0.3, -0.25) is 5.32 Å². The van der Waals surface area contributed by atoms with Crippen LogP contribution < -0.4 is 43.9 Å². The van der Waals surface area contributed by atoms with Gasteiger partial charge in [0.2, 0.25) is 12.0 Å². The van der Waals surface area contributed by atoms with Gasteiger partial charge in [-0.2, -0.15) is 0 Å². The van der Waals surface area contributed by atoms with Crippen LogP contribution in [0.3, 0.4) is 0 Å². The van der Waals surface area contributed by atoms with Crippen LogP contribution in [0, 0.1) is 0 Å². The number of nitrogens with zero attached hydrogens (tertiary/aromatic N) is 4. The lowest BCUT2D eigenvalue weighted by molar-refractivity contribution is -0.660. The van der Waals surface area contributed by atoms with Gasteiger partial charge in [-0.05, 0) is 86.6 Å². The highest BCUT2D eigenvalue weighted by molar-refractivity contribution is 7.14. The van der Waals surface area contributed by atoms with Crippen molar-refractivity contribution in [1.82, 2.24) is 14.9 Å². The highest BCUT2D eigenvalue weighted by atomic mass is 127. The number of aliphatic carboxylic acids is 1. The summed E-state index contributed by atoms with van der Waals surface area (Å²) in [6.45, 7) is 16.4. The second kappa shape index (κ2) is 19.0. The molecule has 0 spiro atoms. The molecule has 3 rings (SSSR count). The number of hydrogen-bond acceptors (Lipinski definition) is 12. The summed E-state index contributed by atoms with van der Waals surface area (Å²) >= 11 is 0.954. The second-order valence-electron chi connectivity index (χ2n) is 14.6. The van der Waals surface area contributed by atoms with E-state index >= 15 is 0 Å². The van der Waals surface area contributed by atoms with E-state index in [1.165, 1.54) is 5.38 Å². The summed E-state index contributed by atoms with van der Waals surface area (Å²) in [5, 5.41) is 20.2. The number of carboxylic acid groups (broad SMARTS) is 1. The van der Waals surface area contributed by atoms with Gasteiger partial charge in [-0.1, -0.05) is 5.16 Å². The first-order valence-electron chi connectivity index (χ1n) is 16.5. The van der Waals surface area contributed by atoms with Crippen molar-refractivity contribution in [2.24, 2.45) is 12.2 Å². The molecule has 1 aromatic carbocycles. The van der Waals surface area contributed by atoms with Crippen LogP contribution in [-0.4, -0.2) is 80.6 Å². The van der Waals surface area contributed by atoms with E-state index in [0.29, 0.717) is 25.3 Å². The van der Waals surface area contributed by atoms with Crippen molar-refractivity contribution in [1.29, 1.82) is 0 Å². The van der Waals surface area contributed by atoms with E-state index in [1.807, 2.05) is 61.6 Å². The number of aryl methyl sites for hydroxylation is 2. The minimum absolute atomic E-state index is 0. The Morgan fingerprint density at radius 2 is 1.55 bits per heavy atom. The fourth-order valence-corrected chi connectivity index (χ4v) is 4.96. The number of esters is 1. The third-order valence-corrected chi connectivity index (χ3v) is 7.06. The lowest BCUT2D eigenvalue weighted by Crippen LogP contribution is -3.00. The molecule has 0 fully saturated rings. The zero-order valence-electron chi connectivity index (χ0n) is 31.6. The molecule has 1 atom stereocenters. The number of ether oxygens (including phenoxy) is 4. The number of hydrogen-bond donors (Lipinski definition) is 3. The highest BCUT2D eigenvalue weighted by Gasteiger charge is 2.30. The van der Waals surface area contributed by atoms with E-state index in [4.69, 9.17) is 23.8 Å². The normalized spacial score (nSPS) is 12.5. The van der Waals surface area contributed by atoms with Gasteiger partial charge in [-0.15, -0.1) is 11.3 Å². The molecule has 0 saturated carbocycles. The smallest absolute Gasteiger partial charge is 0.413 e. The Kier molecular flexibility index (Phi) is 16.1. The van der Waals surface area contributed by atoms with E-state index in [-0.39, 0.29) is 41.4 Å². The van der Waals surface area contributed by atoms with E-state index < -0.39 is 52.7 Å². The number of carbonyl (C=O) groups excluding carboxylic acids is 3. The molecule has 0 unspecified atom stereocenters. The maximum atomic E-state index is 13.0. The van der Waals surface area contributed by atoms with Crippen LogP contribution in [0.1, 0.15) is 74.4 Å². The molecule has 2 amide bonds. The molecule has 18 heteroatoms. The Bertz CT molecular complexity index is 1740. The Hall–Kier alpha value is -4.46. The quantitative estimate of drug-likeness (QED) is 0.0410. The number of benzene rings is 1. The number of nitrogens with one attached hydrogen (secondary N) is 2. The molecule has 3 N–H and O–H groups in total. The topological polar surface area (TPSA) is 193 Å². The largest absolute Gasteiger partial charge is 1.00 e. The lowest BCUT2D eigenvalue weighted by atomic mass is 10.1. The molecule has 2 aromatic heterocycles. The first kappa shape index (κ1) is 44.7. The van der Waals surface area contributed by atoms with E-state index in [0.717, 1.165) is 22.6 Å². The third-order valence-electron chi connectivity index (χ3n) is 6.30. The summed E-state index contributed by atoms with van der Waals surface area (Å²) in [5.74, 6) is -1.89. The molecule has 53 heavy (non-hydrogen) atoms. The Morgan fingerprint density at radius 3 is 2.13 bits per heavy atom. The second-order valence-corrected chi connectivity index (χ2v) is 15.5. The zero-order valence-corrected chi connectivity index (χ0v) is 34.6. The van der Waals surface area contributed by atoms with Crippen molar-refractivity contribution < 1.29 is 76.6 Å². The van der Waals surface area contributed by atoms with E-state index in [2.05, 4.69) is 20.8 Å². The van der Waals surface area contributed by atoms with Gasteiger partial charge in [0.05, 0.1) is 13.6 Å². The van der Waals surface area contributed by atoms with Crippen LogP contribution in [0.2, 0.25) is 0 Å². The molecule has 2 heterocycles. The van der Waals surface area contributed by atoms with Crippen molar-refractivity contribution in [3.63, 3.8) is 0 Å². The molecule has 0 aliphatic heterocycles. The van der Waals surface area contributed by atoms with Crippen LogP contribution in [0.15, 0.2) is 47.3 Å². The molecular formula is C35H49IN6O10S. The number of carboxylic acids is 1. The predicted octanol–water partition coefficient (Wildman–Crippen LogP) is 2.30. The number of imidazole rings is 1. The van der Waals surface area contributed by atoms with E-state index in [1.54, 1.807) is 53.7 Å². The summed E-state index contributed by atoms with van der Waals surface area (Å²) in [6.07, 6.45) is 1.99. The SMILES string of the molecule is C[n+]1cn(CCCNC(=O)OC(C)(C)C)cc1-c1ccc(OC[C@H](O/N=C(\C(=O)O)c2csc(NC(=O)OC(C)(C)C)n2)C(=O)OC(C)(C)C)cc1.[I-]. The van der Waals surface area contributed by atoms with Gasteiger partial charge in [0.15, 0.2) is 10.8 Å². The number of halogens is 1. The van der Waals surface area contributed by atoms with Crippen LogP contribution in [0.5, 0.6) is 5.75 Å². The minimum atomic E-state index is -1.48. The Labute approximate surface area is 330 Å². The number of amides is 2. The number of aromatic nitrogens is 3. The number of anilines is 1. The molecule has 292 valence electrons. The Balaban J connectivity index is 0.00000972. The number of oxime groups is 1. The Morgan fingerprint density at radius 1 is 0.943 bits per heavy atom. The van der Waals surface area contributed by atoms with Crippen LogP contribution in [0.4, 0.5) is 14.7 Å². The molecule has 0 bridgehead atoms.